The van der Waals surface area contributed by atoms with Gasteiger partial charge in [0.25, 0.3) is 5.56 Å². The van der Waals surface area contributed by atoms with E-state index >= 15 is 0 Å². The highest BCUT2D eigenvalue weighted by atomic mass is 19.1. The summed E-state index contributed by atoms with van der Waals surface area (Å²) >= 11 is 0. The molecular weight excluding hydrogens is 413 g/mol. The van der Waals surface area contributed by atoms with Crippen LogP contribution in [0.15, 0.2) is 16.9 Å². The number of hydrogen-bond donors (Lipinski definition) is 1. The van der Waals surface area contributed by atoms with Gasteiger partial charge in [-0.25, -0.2) is 14.2 Å². The second-order valence-corrected chi connectivity index (χ2v) is 8.21. The van der Waals surface area contributed by atoms with E-state index < -0.39 is 12.1 Å². The number of rotatable bonds is 1. The summed E-state index contributed by atoms with van der Waals surface area (Å²) in [6, 6.07) is 3.31. The van der Waals surface area contributed by atoms with Crippen molar-refractivity contribution in [2.45, 2.75) is 45.4 Å². The minimum atomic E-state index is -0.929. The molecule has 1 N–H and O–H groups in total. The lowest BCUT2D eigenvalue weighted by molar-refractivity contribution is -0.159. The van der Waals surface area contributed by atoms with Crippen LogP contribution in [0.25, 0.3) is 22.3 Å². The SMILES string of the molecule is C=N.COC1C(=O)OCc2c1cc1n(c2=O)Cc2c-1nc1cc(F)c(C)c3c1c2CCC3. The summed E-state index contributed by atoms with van der Waals surface area (Å²) in [5, 5.41) is 6.54. The first-order valence-electron chi connectivity index (χ1n) is 10.4. The highest BCUT2D eigenvalue weighted by Gasteiger charge is 2.36. The van der Waals surface area contributed by atoms with Crippen molar-refractivity contribution in [3.05, 3.63) is 61.7 Å². The van der Waals surface area contributed by atoms with Gasteiger partial charge in [0.15, 0.2) is 6.10 Å². The molecule has 164 valence electrons. The van der Waals surface area contributed by atoms with Gasteiger partial charge < -0.3 is 19.5 Å². The van der Waals surface area contributed by atoms with E-state index in [9.17, 15) is 14.0 Å². The number of carbonyl (C=O) groups excluding carboxylic acids is 1. The maximum absolute atomic E-state index is 14.6. The van der Waals surface area contributed by atoms with Crippen LogP contribution in [-0.2, 0) is 40.3 Å². The van der Waals surface area contributed by atoms with Gasteiger partial charge >= 0.3 is 5.97 Å². The normalized spacial score (nSPS) is 17.7. The number of hydrogen-bond acceptors (Lipinski definition) is 6. The largest absolute Gasteiger partial charge is 0.458 e. The van der Waals surface area contributed by atoms with E-state index in [2.05, 4.69) is 6.72 Å². The molecule has 0 spiro atoms. The zero-order chi connectivity index (χ0) is 22.7. The molecule has 3 aromatic rings. The molecule has 0 fully saturated rings. The molecule has 1 aromatic carbocycles. The smallest absolute Gasteiger partial charge is 0.340 e. The Hall–Kier alpha value is -3.39. The summed E-state index contributed by atoms with van der Waals surface area (Å²) in [5.41, 5.74) is 6.66. The Morgan fingerprint density at radius 2 is 1.94 bits per heavy atom. The van der Waals surface area contributed by atoms with Crippen molar-refractivity contribution in [3.63, 3.8) is 0 Å². The number of fused-ring (bicyclic) bond motifs is 5. The lowest BCUT2D eigenvalue weighted by atomic mass is 9.85. The molecule has 2 aliphatic heterocycles. The van der Waals surface area contributed by atoms with E-state index in [0.29, 0.717) is 40.1 Å². The van der Waals surface area contributed by atoms with E-state index in [1.54, 1.807) is 4.57 Å². The fraction of sp³-hybridized carbons (Fsp3) is 0.333. The topological polar surface area (TPSA) is 94.3 Å². The fourth-order valence-electron chi connectivity index (χ4n) is 5.27. The van der Waals surface area contributed by atoms with Crippen molar-refractivity contribution in [1.82, 2.24) is 9.55 Å². The molecule has 32 heavy (non-hydrogen) atoms. The fourth-order valence-corrected chi connectivity index (χ4v) is 5.27. The van der Waals surface area contributed by atoms with Crippen molar-refractivity contribution >= 4 is 23.6 Å². The van der Waals surface area contributed by atoms with Crippen molar-refractivity contribution < 1.29 is 18.7 Å². The Labute approximate surface area is 183 Å². The summed E-state index contributed by atoms with van der Waals surface area (Å²) in [5.74, 6) is -0.753. The number of esters is 1. The molecule has 1 unspecified atom stereocenters. The van der Waals surface area contributed by atoms with Crippen molar-refractivity contribution in [2.75, 3.05) is 7.11 Å². The second-order valence-electron chi connectivity index (χ2n) is 8.21. The molecule has 3 aliphatic rings. The first-order chi connectivity index (χ1) is 15.5. The molecular formula is C24H22FN3O4. The van der Waals surface area contributed by atoms with E-state index in [1.165, 1.54) is 13.2 Å². The number of pyridine rings is 2. The number of nitrogens with one attached hydrogen (secondary N) is 1. The number of benzene rings is 1. The van der Waals surface area contributed by atoms with Gasteiger partial charge in [0, 0.05) is 29.7 Å². The Bertz CT molecular complexity index is 1380. The summed E-state index contributed by atoms with van der Waals surface area (Å²) < 4.78 is 26.7. The van der Waals surface area contributed by atoms with Gasteiger partial charge in [-0.15, -0.1) is 0 Å². The van der Waals surface area contributed by atoms with Crippen LogP contribution in [0.4, 0.5) is 4.39 Å². The summed E-state index contributed by atoms with van der Waals surface area (Å²) in [7, 11) is 1.42. The first-order valence-corrected chi connectivity index (χ1v) is 10.4. The number of halogens is 1. The monoisotopic (exact) mass is 435 g/mol. The van der Waals surface area contributed by atoms with Crippen LogP contribution in [0.2, 0.25) is 0 Å². The standard InChI is InChI=1S/C23H19FN2O4.CH3N/c1-10-11-4-3-5-12-14-8-26-18(20(14)25-17(19(11)12)7-16(10)24)6-13-15(22(26)27)9-30-23(28)21(13)29-2;1-2/h6-7,21H,3-5,8-9H2,1-2H3;2H,1H2. The number of cyclic esters (lactones) is 1. The minimum absolute atomic E-state index is 0.0553. The van der Waals surface area contributed by atoms with Crippen molar-refractivity contribution in [1.29, 1.82) is 5.41 Å². The van der Waals surface area contributed by atoms with Crippen molar-refractivity contribution in [3.8, 4) is 11.4 Å². The molecule has 7 nitrogen and oxygen atoms in total. The zero-order valence-electron chi connectivity index (χ0n) is 17.9. The average Bonchev–Trinajstić information content (AvgIpc) is 3.18. The Kier molecular flexibility index (Phi) is 4.70. The number of ether oxygens (including phenoxy) is 2. The van der Waals surface area contributed by atoms with Gasteiger partial charge in [0.2, 0.25) is 0 Å². The first kappa shape index (κ1) is 20.5. The van der Waals surface area contributed by atoms with Crippen LogP contribution in [0.3, 0.4) is 0 Å². The maximum atomic E-state index is 14.6. The number of aromatic nitrogens is 2. The van der Waals surface area contributed by atoms with Crippen molar-refractivity contribution in [2.24, 2.45) is 0 Å². The summed E-state index contributed by atoms with van der Waals surface area (Å²) in [4.78, 5) is 30.2. The van der Waals surface area contributed by atoms with Gasteiger partial charge in [-0.2, -0.15) is 0 Å². The molecule has 0 saturated carbocycles. The van der Waals surface area contributed by atoms with Gasteiger partial charge in [-0.3, -0.25) is 4.79 Å². The summed E-state index contributed by atoms with van der Waals surface area (Å²) in [6.45, 7) is 4.69. The molecule has 8 heteroatoms. The number of nitrogens with zero attached hydrogens (tertiary/aromatic N) is 2. The number of carbonyl (C=O) groups is 1. The van der Waals surface area contributed by atoms with Gasteiger partial charge in [-0.05, 0) is 55.7 Å². The predicted octanol–water partition coefficient (Wildman–Crippen LogP) is 3.37. The maximum Gasteiger partial charge on any atom is 0.340 e. The second kappa shape index (κ2) is 7.34. The van der Waals surface area contributed by atoms with E-state index in [1.807, 2.05) is 13.0 Å². The molecule has 1 atom stereocenters. The van der Waals surface area contributed by atoms with Crippen LogP contribution < -0.4 is 5.56 Å². The number of methoxy groups -OCH3 is 1. The molecule has 0 amide bonds. The molecule has 0 radical (unpaired) electrons. The third-order valence-electron chi connectivity index (χ3n) is 6.75. The van der Waals surface area contributed by atoms with Crippen LogP contribution >= 0.6 is 0 Å². The third kappa shape index (κ3) is 2.62. The highest BCUT2D eigenvalue weighted by molar-refractivity contribution is 5.92. The Balaban J connectivity index is 0.00000105. The minimum Gasteiger partial charge on any atom is -0.458 e. The predicted molar refractivity (Wildman–Crippen MR) is 117 cm³/mol. The highest BCUT2D eigenvalue weighted by Crippen LogP contribution is 2.42. The molecule has 2 aromatic heterocycles. The van der Waals surface area contributed by atoms with E-state index in [4.69, 9.17) is 19.9 Å². The van der Waals surface area contributed by atoms with Gasteiger partial charge in [0.1, 0.15) is 12.4 Å². The Morgan fingerprint density at radius 1 is 1.19 bits per heavy atom. The van der Waals surface area contributed by atoms with E-state index in [0.717, 1.165) is 41.3 Å². The number of aryl methyl sites for hydroxylation is 2. The summed E-state index contributed by atoms with van der Waals surface area (Å²) in [6.07, 6.45) is 1.73. The lowest BCUT2D eigenvalue weighted by Crippen LogP contribution is -2.33. The molecule has 6 rings (SSSR count). The van der Waals surface area contributed by atoms with Crippen LogP contribution in [-0.4, -0.2) is 29.3 Å². The van der Waals surface area contributed by atoms with Gasteiger partial charge in [-0.1, -0.05) is 0 Å². The van der Waals surface area contributed by atoms with Gasteiger partial charge in [0.05, 0.1) is 29.0 Å². The third-order valence-corrected chi connectivity index (χ3v) is 6.75. The lowest BCUT2D eigenvalue weighted by Gasteiger charge is -2.24. The Morgan fingerprint density at radius 3 is 2.69 bits per heavy atom. The molecule has 1 aliphatic carbocycles. The molecule has 4 heterocycles. The zero-order valence-corrected chi connectivity index (χ0v) is 17.9. The van der Waals surface area contributed by atoms with Crippen LogP contribution in [0.1, 0.15) is 45.9 Å². The van der Waals surface area contributed by atoms with Crippen LogP contribution in [0.5, 0.6) is 0 Å². The molecule has 0 bridgehead atoms. The van der Waals surface area contributed by atoms with E-state index in [-0.39, 0.29) is 18.0 Å². The van der Waals surface area contributed by atoms with Crippen LogP contribution in [0, 0.1) is 18.2 Å². The average molecular weight is 435 g/mol. The molecule has 0 saturated heterocycles. The quantitative estimate of drug-likeness (QED) is 0.365.